The first-order chi connectivity index (χ1) is 17.8. The number of fused-ring (bicyclic) bond motifs is 2. The number of rotatable bonds is 9. The number of likely N-dealkylation sites (N-methyl/N-ethyl adjacent to an activating group) is 1. The van der Waals surface area contributed by atoms with Crippen LogP contribution in [0.5, 0.6) is 5.75 Å². The van der Waals surface area contributed by atoms with Crippen LogP contribution in [0.4, 0.5) is 21.6 Å². The average Bonchev–Trinajstić information content (AvgIpc) is 3.43. The molecule has 2 aliphatic carbocycles. The topological polar surface area (TPSA) is 123 Å². The smallest absolute Gasteiger partial charge is 0.224 e. The fraction of sp³-hybridized carbons (Fsp3) is 0.560. The number of nitrogens with two attached hydrogens (primary N) is 2. The summed E-state index contributed by atoms with van der Waals surface area (Å²) in [7, 11) is 2.13. The minimum atomic E-state index is -0.605. The Morgan fingerprint density at radius 2 is 2.08 bits per heavy atom. The number of piperazine rings is 1. The number of halogens is 2. The van der Waals surface area contributed by atoms with Gasteiger partial charge < -0.3 is 31.3 Å². The van der Waals surface area contributed by atoms with Gasteiger partial charge in [0, 0.05) is 55.0 Å². The van der Waals surface area contributed by atoms with Crippen molar-refractivity contribution in [1.29, 1.82) is 0 Å². The Bertz CT molecular complexity index is 1140. The molecule has 200 valence electrons. The van der Waals surface area contributed by atoms with Gasteiger partial charge in [0.1, 0.15) is 5.75 Å². The van der Waals surface area contributed by atoms with Gasteiger partial charge in [-0.3, -0.25) is 4.79 Å². The second-order valence-corrected chi connectivity index (χ2v) is 11.8. The number of primary amides is 1. The number of hydrogen-bond acceptors (Lipinski definition) is 9. The zero-order chi connectivity index (χ0) is 26.1. The molecule has 1 amide bonds. The van der Waals surface area contributed by atoms with Crippen molar-refractivity contribution < 1.29 is 13.9 Å². The van der Waals surface area contributed by atoms with Crippen LogP contribution in [0.1, 0.15) is 12.8 Å². The minimum Gasteiger partial charge on any atom is -0.490 e. The van der Waals surface area contributed by atoms with Gasteiger partial charge in [0.05, 0.1) is 24.4 Å². The summed E-state index contributed by atoms with van der Waals surface area (Å²) >= 11 is 7.70. The van der Waals surface area contributed by atoms with E-state index in [4.69, 9.17) is 27.8 Å². The minimum absolute atomic E-state index is 0.00832. The van der Waals surface area contributed by atoms with Crippen LogP contribution < -0.4 is 26.4 Å². The van der Waals surface area contributed by atoms with Crippen LogP contribution in [0.3, 0.4) is 0 Å². The van der Waals surface area contributed by atoms with Gasteiger partial charge in [0.25, 0.3) is 0 Å². The second-order valence-electron chi connectivity index (χ2n) is 10.1. The first-order valence-corrected chi connectivity index (χ1v) is 14.0. The van der Waals surface area contributed by atoms with Crippen LogP contribution in [-0.2, 0) is 4.79 Å². The average molecular weight is 550 g/mol. The molecule has 37 heavy (non-hydrogen) atoms. The van der Waals surface area contributed by atoms with Crippen molar-refractivity contribution >= 4 is 46.5 Å². The lowest BCUT2D eigenvalue weighted by molar-refractivity contribution is -0.123. The standard InChI is InChI=1S/C25H33ClFN7O2S/c1-33-4-6-34(7-5-33)18-3-2-15(28)12-19(18)36-8-9-37-20-11-14-10-16(20)22(21(14)23(29)35)31-24-17(27)13-30-25(26)32-24/h2-3,12-14,16,20-22H,4-11,28H2,1H3,(H2,29,35)(H,30,31,32)/t14-,16+,20+,21-,22?/m0/s1. The molecule has 1 aliphatic heterocycles. The fourth-order valence-corrected chi connectivity index (χ4v) is 7.54. The van der Waals surface area contributed by atoms with Gasteiger partial charge in [-0.05, 0) is 55.5 Å². The molecule has 5 rings (SSSR count). The Morgan fingerprint density at radius 3 is 2.84 bits per heavy atom. The van der Waals surface area contributed by atoms with Crippen molar-refractivity contribution in [3.8, 4) is 5.75 Å². The van der Waals surface area contributed by atoms with E-state index in [1.807, 2.05) is 30.0 Å². The van der Waals surface area contributed by atoms with E-state index in [9.17, 15) is 9.18 Å². The summed E-state index contributed by atoms with van der Waals surface area (Å²) in [5.74, 6) is 0.584. The summed E-state index contributed by atoms with van der Waals surface area (Å²) < 4.78 is 20.5. The molecule has 12 heteroatoms. The van der Waals surface area contributed by atoms with Gasteiger partial charge in [-0.25, -0.2) is 9.37 Å². The van der Waals surface area contributed by atoms with Crippen LogP contribution in [0.25, 0.3) is 0 Å². The molecule has 1 saturated heterocycles. The predicted molar refractivity (Wildman–Crippen MR) is 146 cm³/mol. The van der Waals surface area contributed by atoms with Crippen molar-refractivity contribution in [2.75, 3.05) is 61.5 Å². The molecule has 2 aromatic rings. The third kappa shape index (κ3) is 5.68. The highest BCUT2D eigenvalue weighted by Crippen LogP contribution is 2.53. The number of nitrogen functional groups attached to an aromatic ring is 1. The first kappa shape index (κ1) is 26.1. The Balaban J connectivity index is 1.20. The van der Waals surface area contributed by atoms with Crippen molar-refractivity contribution in [2.45, 2.75) is 24.1 Å². The molecular weight excluding hydrogens is 517 g/mol. The number of nitrogens with zero attached hydrogens (tertiary/aromatic N) is 4. The number of hydrogen-bond donors (Lipinski definition) is 3. The number of thioether (sulfide) groups is 1. The molecule has 2 heterocycles. The molecule has 5 N–H and O–H groups in total. The summed E-state index contributed by atoms with van der Waals surface area (Å²) in [5.41, 5.74) is 13.6. The predicted octanol–water partition coefficient (Wildman–Crippen LogP) is 2.71. The van der Waals surface area contributed by atoms with E-state index in [-0.39, 0.29) is 40.8 Å². The van der Waals surface area contributed by atoms with E-state index in [0.717, 1.165) is 62.4 Å². The van der Waals surface area contributed by atoms with E-state index in [1.165, 1.54) is 0 Å². The Morgan fingerprint density at radius 1 is 1.30 bits per heavy atom. The maximum Gasteiger partial charge on any atom is 0.224 e. The molecule has 1 unspecified atom stereocenters. The summed E-state index contributed by atoms with van der Waals surface area (Å²) in [6.45, 7) is 4.46. The lowest BCUT2D eigenvalue weighted by atomic mass is 9.83. The lowest BCUT2D eigenvalue weighted by Gasteiger charge is -2.35. The summed E-state index contributed by atoms with van der Waals surface area (Å²) in [5, 5.41) is 3.39. The Labute approximate surface area is 225 Å². The molecular formula is C25H33ClFN7O2S. The van der Waals surface area contributed by atoms with E-state index >= 15 is 0 Å². The van der Waals surface area contributed by atoms with Gasteiger partial charge in [-0.2, -0.15) is 16.7 Å². The summed E-state index contributed by atoms with van der Waals surface area (Å²) in [4.78, 5) is 24.6. The number of aromatic nitrogens is 2. The number of anilines is 3. The van der Waals surface area contributed by atoms with E-state index < -0.39 is 5.82 Å². The monoisotopic (exact) mass is 549 g/mol. The third-order valence-corrected chi connectivity index (χ3v) is 9.35. The van der Waals surface area contributed by atoms with Crippen LogP contribution in [0.15, 0.2) is 24.4 Å². The van der Waals surface area contributed by atoms with E-state index in [1.54, 1.807) is 0 Å². The molecule has 2 bridgehead atoms. The van der Waals surface area contributed by atoms with Gasteiger partial charge in [-0.15, -0.1) is 0 Å². The molecule has 2 saturated carbocycles. The number of carbonyl (C=O) groups is 1. The highest BCUT2D eigenvalue weighted by Gasteiger charge is 2.55. The largest absolute Gasteiger partial charge is 0.490 e. The van der Waals surface area contributed by atoms with Crippen molar-refractivity contribution in [2.24, 2.45) is 23.5 Å². The summed E-state index contributed by atoms with van der Waals surface area (Å²) in [6, 6.07) is 5.56. The maximum atomic E-state index is 14.3. The molecule has 0 spiro atoms. The van der Waals surface area contributed by atoms with Crippen molar-refractivity contribution in [3.63, 3.8) is 0 Å². The van der Waals surface area contributed by atoms with Crippen LogP contribution in [-0.4, -0.2) is 77.7 Å². The molecule has 1 aromatic carbocycles. The van der Waals surface area contributed by atoms with Gasteiger partial charge >= 0.3 is 0 Å². The number of carbonyl (C=O) groups excluding carboxylic acids is 1. The second kappa shape index (κ2) is 11.1. The van der Waals surface area contributed by atoms with Crippen molar-refractivity contribution in [3.05, 3.63) is 35.5 Å². The van der Waals surface area contributed by atoms with Gasteiger partial charge in [0.15, 0.2) is 11.6 Å². The zero-order valence-corrected chi connectivity index (χ0v) is 22.3. The number of nitrogens with one attached hydrogen (secondary N) is 1. The fourth-order valence-electron chi connectivity index (χ4n) is 6.01. The highest BCUT2D eigenvalue weighted by atomic mass is 35.5. The maximum absolute atomic E-state index is 14.3. The van der Waals surface area contributed by atoms with Crippen LogP contribution >= 0.6 is 23.4 Å². The van der Waals surface area contributed by atoms with Crippen molar-refractivity contribution in [1.82, 2.24) is 14.9 Å². The quantitative estimate of drug-likeness (QED) is 0.246. The highest BCUT2D eigenvalue weighted by molar-refractivity contribution is 7.99. The normalized spacial score (nSPS) is 27.4. The van der Waals surface area contributed by atoms with E-state index in [0.29, 0.717) is 17.5 Å². The van der Waals surface area contributed by atoms with Crippen LogP contribution in [0.2, 0.25) is 5.28 Å². The zero-order valence-electron chi connectivity index (χ0n) is 20.8. The van der Waals surface area contributed by atoms with Gasteiger partial charge in [0.2, 0.25) is 11.2 Å². The molecule has 3 fully saturated rings. The molecule has 0 radical (unpaired) electrons. The summed E-state index contributed by atoms with van der Waals surface area (Å²) in [6.07, 6.45) is 2.80. The lowest BCUT2D eigenvalue weighted by Crippen LogP contribution is -2.46. The molecule has 9 nitrogen and oxygen atoms in total. The van der Waals surface area contributed by atoms with Crippen LogP contribution in [0, 0.1) is 23.6 Å². The SMILES string of the molecule is CN1CCN(c2ccc(N)cc2OCCS[C@@H]2C[C@@H]3C[C@H]2C(Nc2nc(Cl)ncc2F)[C@H]3C(N)=O)CC1. The number of benzene rings is 1. The molecule has 3 aliphatic rings. The Kier molecular flexibility index (Phi) is 7.83. The molecule has 5 atom stereocenters. The third-order valence-electron chi connectivity index (χ3n) is 7.79. The number of ether oxygens (including phenoxy) is 1. The Hall–Kier alpha value is -2.50. The number of amides is 1. The van der Waals surface area contributed by atoms with Gasteiger partial charge in [-0.1, -0.05) is 0 Å². The molecule has 1 aromatic heterocycles. The first-order valence-electron chi connectivity index (χ1n) is 12.6. The van der Waals surface area contributed by atoms with E-state index in [2.05, 4.69) is 32.1 Å².